The lowest BCUT2D eigenvalue weighted by Crippen LogP contribution is -2.46. The summed E-state index contributed by atoms with van der Waals surface area (Å²) in [5, 5.41) is 9.46. The molecule has 3 N–H and O–H groups in total. The Kier molecular flexibility index (Phi) is 6.02. The second-order valence-electron chi connectivity index (χ2n) is 5.96. The molecule has 3 aromatic carbocycles. The van der Waals surface area contributed by atoms with E-state index in [9.17, 15) is 5.11 Å². The summed E-state index contributed by atoms with van der Waals surface area (Å²) in [5.41, 5.74) is 10.00. The highest BCUT2D eigenvalue weighted by Gasteiger charge is 2.25. The topological polar surface area (TPSA) is 55.5 Å². The summed E-state index contributed by atoms with van der Waals surface area (Å²) >= 11 is 0. The first-order chi connectivity index (χ1) is 12.3. The van der Waals surface area contributed by atoms with Crippen LogP contribution in [0.4, 0.5) is 0 Å². The molecular formula is C21H22BNO2. The Morgan fingerprint density at radius 3 is 2.12 bits per heavy atom. The van der Waals surface area contributed by atoms with Crippen LogP contribution in [0, 0.1) is 0 Å². The van der Waals surface area contributed by atoms with Crippen molar-refractivity contribution in [1.29, 1.82) is 0 Å². The van der Waals surface area contributed by atoms with Crippen LogP contribution in [0.25, 0.3) is 0 Å². The zero-order valence-electron chi connectivity index (χ0n) is 14.1. The van der Waals surface area contributed by atoms with E-state index in [4.69, 9.17) is 10.4 Å². The number of nitrogens with two attached hydrogens (primary N) is 1. The molecule has 0 aliphatic heterocycles. The number of benzene rings is 3. The fourth-order valence-electron chi connectivity index (χ4n) is 2.93. The Balaban J connectivity index is 1.96. The molecule has 0 bridgehead atoms. The maximum Gasteiger partial charge on any atom is 0.362 e. The average Bonchev–Trinajstić information content (AvgIpc) is 2.70. The molecule has 1 unspecified atom stereocenters. The van der Waals surface area contributed by atoms with E-state index in [1.807, 2.05) is 72.8 Å². The molecule has 3 rings (SSSR count). The lowest BCUT2D eigenvalue weighted by atomic mass is 9.55. The normalized spacial score (nSPS) is 11.9. The first-order valence-electron chi connectivity index (χ1n) is 8.47. The highest BCUT2D eigenvalue weighted by Crippen LogP contribution is 2.17. The summed E-state index contributed by atoms with van der Waals surface area (Å²) in [7, 11) is 0. The summed E-state index contributed by atoms with van der Waals surface area (Å²) in [5.74, 6) is 0. The van der Waals surface area contributed by atoms with E-state index < -0.39 is 0 Å². The Morgan fingerprint density at radius 2 is 1.48 bits per heavy atom. The van der Waals surface area contributed by atoms with E-state index in [1.165, 1.54) is 0 Å². The molecule has 1 atom stereocenters. The van der Waals surface area contributed by atoms with Crippen molar-refractivity contribution in [1.82, 2.24) is 0 Å². The van der Waals surface area contributed by atoms with Gasteiger partial charge in [0.25, 0.3) is 0 Å². The minimum Gasteiger partial charge on any atom is -0.419 e. The van der Waals surface area contributed by atoms with Crippen LogP contribution in [-0.2, 0) is 11.3 Å². The minimum atomic E-state index is -0.249. The zero-order chi connectivity index (χ0) is 17.5. The molecule has 0 saturated carbocycles. The van der Waals surface area contributed by atoms with Gasteiger partial charge < -0.3 is 15.5 Å². The summed E-state index contributed by atoms with van der Waals surface area (Å²) in [6.07, 6.45) is -0.204. The van der Waals surface area contributed by atoms with Gasteiger partial charge in [-0.3, -0.25) is 0 Å². The van der Waals surface area contributed by atoms with Gasteiger partial charge in [0.2, 0.25) is 0 Å². The van der Waals surface area contributed by atoms with Gasteiger partial charge in [0.15, 0.2) is 0 Å². The maximum atomic E-state index is 9.46. The van der Waals surface area contributed by atoms with Crippen LogP contribution in [0.5, 0.6) is 0 Å². The van der Waals surface area contributed by atoms with Crippen LogP contribution in [-0.4, -0.2) is 18.6 Å². The van der Waals surface area contributed by atoms with Crippen LogP contribution in [0.1, 0.15) is 17.2 Å². The quantitative estimate of drug-likeness (QED) is 0.651. The largest absolute Gasteiger partial charge is 0.419 e. The number of hydrogen-bond donors (Lipinski definition) is 2. The van der Waals surface area contributed by atoms with Crippen LogP contribution in [0.2, 0.25) is 0 Å². The third kappa shape index (κ3) is 4.37. The van der Waals surface area contributed by atoms with Gasteiger partial charge in [0.05, 0.1) is 12.7 Å². The van der Waals surface area contributed by atoms with Gasteiger partial charge in [0, 0.05) is 6.54 Å². The molecule has 0 saturated heterocycles. The Hall–Kier alpha value is -2.40. The van der Waals surface area contributed by atoms with Crippen molar-refractivity contribution >= 4 is 17.8 Å². The van der Waals surface area contributed by atoms with Crippen molar-refractivity contribution in [3.8, 4) is 0 Å². The summed E-state index contributed by atoms with van der Waals surface area (Å²) < 4.78 is 6.45. The van der Waals surface area contributed by atoms with Crippen LogP contribution >= 0.6 is 0 Å². The van der Waals surface area contributed by atoms with E-state index >= 15 is 0 Å². The maximum absolute atomic E-state index is 9.46. The van der Waals surface area contributed by atoms with Gasteiger partial charge in [0.1, 0.15) is 0 Å². The molecule has 0 spiro atoms. The van der Waals surface area contributed by atoms with E-state index in [1.54, 1.807) is 0 Å². The molecule has 0 aliphatic rings. The molecule has 0 heterocycles. The third-order valence-corrected chi connectivity index (χ3v) is 4.22. The Morgan fingerprint density at radius 1 is 0.840 bits per heavy atom. The lowest BCUT2D eigenvalue weighted by molar-refractivity contribution is 0.223. The number of aliphatic hydroxyl groups excluding tert-OH is 1. The predicted molar refractivity (Wildman–Crippen MR) is 103 cm³/mol. The summed E-state index contributed by atoms with van der Waals surface area (Å²) in [4.78, 5) is 0. The SMILES string of the molecule is NCC(OB(c1ccccc1)c1cccc(CO)c1)c1ccccc1. The highest BCUT2D eigenvalue weighted by molar-refractivity contribution is 6.80. The average molecular weight is 331 g/mol. The molecule has 0 fully saturated rings. The fraction of sp³-hybridized carbons (Fsp3) is 0.143. The summed E-state index contributed by atoms with van der Waals surface area (Å²) in [6, 6.07) is 28.0. The van der Waals surface area contributed by atoms with Crippen molar-refractivity contribution in [2.75, 3.05) is 6.54 Å². The highest BCUT2D eigenvalue weighted by atomic mass is 16.4. The van der Waals surface area contributed by atoms with Gasteiger partial charge in [-0.05, 0) is 22.1 Å². The molecule has 0 aromatic heterocycles. The first kappa shape index (κ1) is 17.4. The molecule has 126 valence electrons. The van der Waals surface area contributed by atoms with Gasteiger partial charge >= 0.3 is 6.92 Å². The van der Waals surface area contributed by atoms with E-state index in [-0.39, 0.29) is 19.6 Å². The summed E-state index contributed by atoms with van der Waals surface area (Å²) in [6.45, 7) is 0.156. The smallest absolute Gasteiger partial charge is 0.362 e. The second kappa shape index (κ2) is 8.63. The molecule has 3 aromatic rings. The monoisotopic (exact) mass is 331 g/mol. The van der Waals surface area contributed by atoms with Crippen LogP contribution in [0.3, 0.4) is 0 Å². The molecule has 25 heavy (non-hydrogen) atoms. The number of hydrogen-bond acceptors (Lipinski definition) is 3. The van der Waals surface area contributed by atoms with Crippen molar-refractivity contribution < 1.29 is 9.76 Å². The van der Waals surface area contributed by atoms with Crippen LogP contribution in [0.15, 0.2) is 84.9 Å². The Labute approximate surface area is 149 Å². The molecule has 3 nitrogen and oxygen atoms in total. The lowest BCUT2D eigenvalue weighted by Gasteiger charge is -2.23. The van der Waals surface area contributed by atoms with Gasteiger partial charge in [-0.2, -0.15) is 0 Å². The zero-order valence-corrected chi connectivity index (χ0v) is 14.1. The van der Waals surface area contributed by atoms with E-state index in [0.29, 0.717) is 6.54 Å². The van der Waals surface area contributed by atoms with Crippen molar-refractivity contribution in [3.63, 3.8) is 0 Å². The van der Waals surface area contributed by atoms with Crippen LogP contribution < -0.4 is 16.7 Å². The van der Waals surface area contributed by atoms with Crippen molar-refractivity contribution in [2.24, 2.45) is 5.73 Å². The van der Waals surface area contributed by atoms with Gasteiger partial charge in [-0.1, -0.05) is 84.9 Å². The third-order valence-electron chi connectivity index (χ3n) is 4.22. The Bertz CT molecular complexity index is 780. The van der Waals surface area contributed by atoms with Gasteiger partial charge in [-0.15, -0.1) is 0 Å². The van der Waals surface area contributed by atoms with Gasteiger partial charge in [-0.25, -0.2) is 0 Å². The first-order valence-corrected chi connectivity index (χ1v) is 8.47. The van der Waals surface area contributed by atoms with E-state index in [2.05, 4.69) is 12.1 Å². The molecule has 0 aliphatic carbocycles. The standard InChI is InChI=1S/C21H22BNO2/c23-15-21(18-9-3-1-4-10-18)25-22(19-11-5-2-6-12-19)20-13-7-8-17(14-20)16-24/h1-14,21,24H,15-16,23H2. The van der Waals surface area contributed by atoms with Crippen molar-refractivity contribution in [2.45, 2.75) is 12.7 Å². The molecular weight excluding hydrogens is 309 g/mol. The number of rotatable bonds is 7. The van der Waals surface area contributed by atoms with E-state index in [0.717, 1.165) is 22.1 Å². The number of aliphatic hydroxyl groups is 1. The fourth-order valence-corrected chi connectivity index (χ4v) is 2.93. The second-order valence-corrected chi connectivity index (χ2v) is 5.96. The molecule has 0 radical (unpaired) electrons. The molecule has 0 amide bonds. The van der Waals surface area contributed by atoms with Crippen molar-refractivity contribution in [3.05, 3.63) is 96.1 Å². The molecule has 4 heteroatoms. The predicted octanol–water partition coefficient (Wildman–Crippen LogP) is 2.00. The minimum absolute atomic E-state index is 0.00829.